The Labute approximate surface area is 162 Å². The fourth-order valence-corrected chi connectivity index (χ4v) is 9.49. The van der Waals surface area contributed by atoms with Crippen LogP contribution in [-0.4, -0.2) is 18.0 Å². The largest absolute Gasteiger partial charge is 0.366 e. The standard InChI is InChI=1S/C25H32O2/c1-2-24-8-6-16-17-5-4-15(26)12-20(17)23(9-10-23)14-19(16)22(24)18-13-21(18)25(24)7-3-11-27-25/h3,7,16,18-19,21-22H,2,4-6,8-14H2,1H3/t16-,18-,19-,21+,22+,24+,25+/m1/s1. The van der Waals surface area contributed by atoms with Crippen molar-refractivity contribution in [3.05, 3.63) is 23.3 Å². The summed E-state index contributed by atoms with van der Waals surface area (Å²) in [7, 11) is 0. The minimum absolute atomic E-state index is 0.0793. The second-order valence-corrected chi connectivity index (χ2v) is 11.1. The summed E-state index contributed by atoms with van der Waals surface area (Å²) < 4.78 is 6.62. The molecule has 0 radical (unpaired) electrons. The number of allylic oxidation sites excluding steroid dienone is 2. The molecule has 6 aliphatic carbocycles. The molecule has 4 saturated carbocycles. The first-order valence-electron chi connectivity index (χ1n) is 11.7. The molecule has 144 valence electrons. The Hall–Kier alpha value is -0.890. The molecule has 0 aromatic rings. The van der Waals surface area contributed by atoms with Crippen molar-refractivity contribution in [2.45, 2.75) is 76.7 Å². The van der Waals surface area contributed by atoms with E-state index in [0.29, 0.717) is 16.6 Å². The van der Waals surface area contributed by atoms with Gasteiger partial charge in [0.05, 0.1) is 12.2 Å². The topological polar surface area (TPSA) is 26.3 Å². The lowest BCUT2D eigenvalue weighted by atomic mass is 9.48. The number of carbonyl (C=O) groups excluding carboxylic acids is 1. The number of ketones is 1. The minimum atomic E-state index is 0.0793. The summed E-state index contributed by atoms with van der Waals surface area (Å²) in [6, 6.07) is 0. The van der Waals surface area contributed by atoms with Crippen LogP contribution in [0.5, 0.6) is 0 Å². The van der Waals surface area contributed by atoms with Crippen LogP contribution in [0.15, 0.2) is 23.3 Å². The van der Waals surface area contributed by atoms with E-state index in [1.807, 2.05) is 0 Å². The summed E-state index contributed by atoms with van der Waals surface area (Å²) in [6.07, 6.45) is 17.1. The number of hydrogen-bond acceptors (Lipinski definition) is 2. The van der Waals surface area contributed by atoms with Gasteiger partial charge in [0, 0.05) is 18.3 Å². The first-order chi connectivity index (χ1) is 13.1. The SMILES string of the molecule is CC[C@]12CC[C@@H]3C4=C(CC(=O)CC4)C4(CC4)C[C@H]3[C@@H]1[C@@H]1C[C@@H]1[C@@]21C=CCO1. The first kappa shape index (κ1) is 16.0. The Bertz CT molecular complexity index is 801. The number of ether oxygens (including phenoxy) is 1. The van der Waals surface area contributed by atoms with E-state index in [9.17, 15) is 4.79 Å². The Morgan fingerprint density at radius 2 is 2.07 bits per heavy atom. The van der Waals surface area contributed by atoms with Gasteiger partial charge in [0.1, 0.15) is 5.78 Å². The highest BCUT2D eigenvalue weighted by Gasteiger charge is 2.78. The van der Waals surface area contributed by atoms with E-state index in [4.69, 9.17) is 4.74 Å². The molecule has 7 rings (SSSR count). The van der Waals surface area contributed by atoms with Crippen molar-refractivity contribution < 1.29 is 9.53 Å². The maximum atomic E-state index is 12.2. The van der Waals surface area contributed by atoms with Crippen molar-refractivity contribution in [2.75, 3.05) is 6.61 Å². The van der Waals surface area contributed by atoms with Gasteiger partial charge in [0.2, 0.25) is 0 Å². The average Bonchev–Trinajstić information content (AvgIpc) is 3.58. The van der Waals surface area contributed by atoms with Crippen LogP contribution in [0.2, 0.25) is 0 Å². The number of Topliss-reactive ketones (excluding diaryl/α,β-unsaturated/α-hetero) is 1. The summed E-state index contributed by atoms with van der Waals surface area (Å²) >= 11 is 0. The van der Waals surface area contributed by atoms with E-state index >= 15 is 0 Å². The molecule has 0 N–H and O–H groups in total. The van der Waals surface area contributed by atoms with Gasteiger partial charge >= 0.3 is 0 Å². The van der Waals surface area contributed by atoms with E-state index in [1.165, 1.54) is 44.9 Å². The zero-order valence-electron chi connectivity index (χ0n) is 16.6. The summed E-state index contributed by atoms with van der Waals surface area (Å²) in [5.41, 5.74) is 4.37. The normalized spacial score (nSPS) is 53.4. The molecule has 27 heavy (non-hydrogen) atoms. The van der Waals surface area contributed by atoms with Crippen molar-refractivity contribution >= 4 is 5.78 Å². The Morgan fingerprint density at radius 1 is 1.19 bits per heavy atom. The molecule has 7 aliphatic rings. The molecule has 2 heteroatoms. The molecule has 0 aromatic carbocycles. The van der Waals surface area contributed by atoms with E-state index < -0.39 is 0 Å². The molecular formula is C25H32O2. The molecule has 2 nitrogen and oxygen atoms in total. The smallest absolute Gasteiger partial charge is 0.137 e. The molecule has 0 unspecified atom stereocenters. The van der Waals surface area contributed by atoms with Gasteiger partial charge in [-0.15, -0.1) is 0 Å². The van der Waals surface area contributed by atoms with Gasteiger partial charge in [-0.3, -0.25) is 4.79 Å². The maximum absolute atomic E-state index is 12.2. The van der Waals surface area contributed by atoms with E-state index in [2.05, 4.69) is 19.1 Å². The molecule has 0 amide bonds. The predicted molar refractivity (Wildman–Crippen MR) is 104 cm³/mol. The van der Waals surface area contributed by atoms with Crippen LogP contribution < -0.4 is 0 Å². The van der Waals surface area contributed by atoms with Crippen LogP contribution in [0.25, 0.3) is 0 Å². The van der Waals surface area contributed by atoms with E-state index in [0.717, 1.165) is 55.5 Å². The number of rotatable bonds is 1. The molecule has 1 heterocycles. The van der Waals surface area contributed by atoms with Gasteiger partial charge in [0.15, 0.2) is 0 Å². The van der Waals surface area contributed by atoms with Gasteiger partial charge in [-0.2, -0.15) is 0 Å². The minimum Gasteiger partial charge on any atom is -0.366 e. The predicted octanol–water partition coefficient (Wildman–Crippen LogP) is 5.23. The lowest BCUT2D eigenvalue weighted by Gasteiger charge is -2.58. The van der Waals surface area contributed by atoms with Gasteiger partial charge < -0.3 is 4.74 Å². The van der Waals surface area contributed by atoms with Crippen LogP contribution in [0.4, 0.5) is 0 Å². The highest BCUT2D eigenvalue weighted by atomic mass is 16.5. The van der Waals surface area contributed by atoms with Gasteiger partial charge in [-0.05, 0) is 86.4 Å². The quantitative estimate of drug-likeness (QED) is 0.595. The van der Waals surface area contributed by atoms with Crippen molar-refractivity contribution in [2.24, 2.45) is 40.4 Å². The van der Waals surface area contributed by atoms with Crippen molar-refractivity contribution in [3.8, 4) is 0 Å². The highest BCUT2D eigenvalue weighted by molar-refractivity contribution is 5.83. The summed E-state index contributed by atoms with van der Waals surface area (Å²) in [6.45, 7) is 3.29. The molecular weight excluding hydrogens is 332 g/mol. The Balaban J connectivity index is 1.35. The monoisotopic (exact) mass is 364 g/mol. The van der Waals surface area contributed by atoms with Crippen molar-refractivity contribution in [1.29, 1.82) is 0 Å². The number of carbonyl (C=O) groups is 1. The molecule has 0 aromatic heterocycles. The van der Waals surface area contributed by atoms with E-state index in [-0.39, 0.29) is 5.60 Å². The van der Waals surface area contributed by atoms with Gasteiger partial charge in [-0.1, -0.05) is 30.2 Å². The Morgan fingerprint density at radius 3 is 2.81 bits per heavy atom. The third-order valence-corrected chi connectivity index (χ3v) is 10.6. The fraction of sp³-hybridized carbons (Fsp3) is 0.800. The zero-order chi connectivity index (χ0) is 18.0. The lowest BCUT2D eigenvalue weighted by Crippen LogP contribution is -2.55. The van der Waals surface area contributed by atoms with Crippen molar-refractivity contribution in [3.63, 3.8) is 0 Å². The van der Waals surface area contributed by atoms with Crippen molar-refractivity contribution in [1.82, 2.24) is 0 Å². The van der Waals surface area contributed by atoms with Gasteiger partial charge in [-0.25, -0.2) is 0 Å². The molecule has 2 spiro atoms. The first-order valence-corrected chi connectivity index (χ1v) is 11.7. The van der Waals surface area contributed by atoms with Crippen LogP contribution >= 0.6 is 0 Å². The third-order valence-electron chi connectivity index (χ3n) is 10.6. The molecule has 0 saturated heterocycles. The zero-order valence-corrected chi connectivity index (χ0v) is 16.6. The van der Waals surface area contributed by atoms with Crippen LogP contribution in [-0.2, 0) is 9.53 Å². The molecule has 4 fully saturated rings. The second-order valence-electron chi connectivity index (χ2n) is 11.1. The second kappa shape index (κ2) is 4.81. The number of hydrogen-bond donors (Lipinski definition) is 0. The number of fused-ring (bicyclic) bond motifs is 9. The third kappa shape index (κ3) is 1.69. The highest BCUT2D eigenvalue weighted by Crippen LogP contribution is 2.80. The summed E-state index contributed by atoms with van der Waals surface area (Å²) in [4.78, 5) is 12.2. The van der Waals surface area contributed by atoms with Gasteiger partial charge in [0.25, 0.3) is 0 Å². The molecule has 7 atom stereocenters. The molecule has 1 aliphatic heterocycles. The van der Waals surface area contributed by atoms with Crippen LogP contribution in [0.3, 0.4) is 0 Å². The summed E-state index contributed by atoms with van der Waals surface area (Å²) in [5.74, 6) is 4.79. The van der Waals surface area contributed by atoms with Crippen LogP contribution in [0, 0.1) is 40.4 Å². The fourth-order valence-electron chi connectivity index (χ4n) is 9.49. The Kier molecular flexibility index (Phi) is 2.84. The van der Waals surface area contributed by atoms with E-state index in [1.54, 1.807) is 11.1 Å². The lowest BCUT2D eigenvalue weighted by molar-refractivity contribution is -0.136. The summed E-state index contributed by atoms with van der Waals surface area (Å²) in [5, 5.41) is 0. The average molecular weight is 365 g/mol. The molecule has 0 bridgehead atoms. The maximum Gasteiger partial charge on any atom is 0.137 e. The van der Waals surface area contributed by atoms with Crippen LogP contribution in [0.1, 0.15) is 71.1 Å².